The fraction of sp³-hybridized carbons (Fsp3) is 0.214. The Morgan fingerprint density at radius 3 is 2.95 bits per heavy atom. The molecule has 6 nitrogen and oxygen atoms in total. The summed E-state index contributed by atoms with van der Waals surface area (Å²) >= 11 is 5.86. The van der Waals surface area contributed by atoms with Gasteiger partial charge in [0.05, 0.1) is 16.9 Å². The molecule has 0 fully saturated rings. The molecule has 2 aromatic rings. The molecule has 8 heteroatoms. The number of nitrogens with zero attached hydrogens (tertiary/aromatic N) is 2. The van der Waals surface area contributed by atoms with E-state index in [1.807, 2.05) is 0 Å². The molecule has 0 radical (unpaired) electrons. The van der Waals surface area contributed by atoms with E-state index in [2.05, 4.69) is 20.5 Å². The maximum atomic E-state index is 13.5. The van der Waals surface area contributed by atoms with Crippen LogP contribution in [0.3, 0.4) is 0 Å². The molecule has 116 valence electrons. The number of aliphatic hydroxyl groups is 1. The number of aryl methyl sites for hydroxylation is 1. The first-order valence-corrected chi connectivity index (χ1v) is 6.84. The molecule has 0 amide bonds. The van der Waals surface area contributed by atoms with Crippen LogP contribution in [-0.2, 0) is 6.42 Å². The molecule has 0 aliphatic carbocycles. The number of rotatable bonds is 5. The fourth-order valence-corrected chi connectivity index (χ4v) is 2.07. The number of halogens is 2. The summed E-state index contributed by atoms with van der Waals surface area (Å²) in [6, 6.07) is 4.30. The van der Waals surface area contributed by atoms with Gasteiger partial charge in [-0.15, -0.1) is 0 Å². The number of aromatic nitrogens is 2. The molecule has 0 unspecified atom stereocenters. The quantitative estimate of drug-likeness (QED) is 0.578. The Hall–Kier alpha value is -2.25. The minimum atomic E-state index is -0.506. The number of hydrogen-bond acceptors (Lipinski definition) is 5. The lowest BCUT2D eigenvalue weighted by atomic mass is 10.2. The summed E-state index contributed by atoms with van der Waals surface area (Å²) in [4.78, 5) is 18.4. The molecule has 0 bridgehead atoms. The second-order valence-electron chi connectivity index (χ2n) is 4.46. The molecular weight excluding hydrogens is 311 g/mol. The number of H-pyrrole nitrogens is 1. The molecule has 1 heterocycles. The number of aliphatic hydroxyl groups excluding tert-OH is 1. The maximum absolute atomic E-state index is 13.5. The molecule has 0 atom stereocenters. The summed E-state index contributed by atoms with van der Waals surface area (Å²) < 4.78 is 13.5. The summed E-state index contributed by atoms with van der Waals surface area (Å²) in [6.45, 7) is 1.52. The SMILES string of the molecule is Cc1nc(N/N=C\c2c(F)cccc2Cl)[nH]c(=O)c1CCO. The number of aromatic amines is 1. The first-order chi connectivity index (χ1) is 10.5. The van der Waals surface area contributed by atoms with Gasteiger partial charge in [0, 0.05) is 24.2 Å². The first kappa shape index (κ1) is 16.1. The number of hydrogen-bond donors (Lipinski definition) is 3. The zero-order chi connectivity index (χ0) is 16.1. The van der Waals surface area contributed by atoms with E-state index in [0.717, 1.165) is 0 Å². The highest BCUT2D eigenvalue weighted by molar-refractivity contribution is 6.33. The predicted octanol–water partition coefficient (Wildman–Crippen LogP) is 1.85. The van der Waals surface area contributed by atoms with Crippen molar-refractivity contribution in [2.24, 2.45) is 5.10 Å². The molecule has 0 saturated carbocycles. The van der Waals surface area contributed by atoms with E-state index < -0.39 is 5.82 Å². The van der Waals surface area contributed by atoms with Crippen LogP contribution in [0.5, 0.6) is 0 Å². The van der Waals surface area contributed by atoms with Gasteiger partial charge in [0.25, 0.3) is 5.56 Å². The Balaban J connectivity index is 2.19. The second kappa shape index (κ2) is 7.15. The fourth-order valence-electron chi connectivity index (χ4n) is 1.86. The van der Waals surface area contributed by atoms with Gasteiger partial charge in [-0.2, -0.15) is 5.10 Å². The zero-order valence-electron chi connectivity index (χ0n) is 11.7. The molecule has 0 aliphatic heterocycles. The largest absolute Gasteiger partial charge is 0.396 e. The highest BCUT2D eigenvalue weighted by Crippen LogP contribution is 2.16. The third-order valence-electron chi connectivity index (χ3n) is 2.95. The van der Waals surface area contributed by atoms with E-state index in [0.29, 0.717) is 11.3 Å². The van der Waals surface area contributed by atoms with Crippen molar-refractivity contribution in [1.29, 1.82) is 0 Å². The van der Waals surface area contributed by atoms with E-state index in [-0.39, 0.29) is 35.1 Å². The molecule has 2 rings (SSSR count). The average molecular weight is 325 g/mol. The van der Waals surface area contributed by atoms with Crippen LogP contribution in [0.4, 0.5) is 10.3 Å². The Kier molecular flexibility index (Phi) is 5.24. The number of benzene rings is 1. The molecule has 3 N–H and O–H groups in total. The third-order valence-corrected chi connectivity index (χ3v) is 3.28. The number of hydrazone groups is 1. The Labute approximate surface area is 130 Å². The van der Waals surface area contributed by atoms with Crippen LogP contribution in [-0.4, -0.2) is 27.9 Å². The monoisotopic (exact) mass is 324 g/mol. The summed E-state index contributed by atoms with van der Waals surface area (Å²) in [5.74, 6) is -0.387. The van der Waals surface area contributed by atoms with Crippen molar-refractivity contribution in [3.05, 3.63) is 56.2 Å². The Morgan fingerprint density at radius 2 is 2.32 bits per heavy atom. The topological polar surface area (TPSA) is 90.4 Å². The first-order valence-electron chi connectivity index (χ1n) is 6.46. The standard InChI is InChI=1S/C14H14ClFN4O2/c1-8-9(5-6-21)13(22)19-14(18-8)20-17-7-10-11(15)3-2-4-12(10)16/h2-4,7,21H,5-6H2,1H3,(H2,18,19,20,22)/b17-7-. The molecule has 0 spiro atoms. The van der Waals surface area contributed by atoms with Crippen LogP contribution in [0.15, 0.2) is 28.1 Å². The van der Waals surface area contributed by atoms with Crippen LogP contribution in [0.25, 0.3) is 0 Å². The molecule has 0 aliphatic rings. The Morgan fingerprint density at radius 1 is 1.55 bits per heavy atom. The number of nitrogens with one attached hydrogen (secondary N) is 2. The van der Waals surface area contributed by atoms with Gasteiger partial charge < -0.3 is 5.11 Å². The summed E-state index contributed by atoms with van der Waals surface area (Å²) in [6.07, 6.45) is 1.43. The van der Waals surface area contributed by atoms with Gasteiger partial charge in [-0.05, 0) is 19.1 Å². The normalized spacial score (nSPS) is 11.1. The van der Waals surface area contributed by atoms with Gasteiger partial charge in [-0.1, -0.05) is 17.7 Å². The van der Waals surface area contributed by atoms with Gasteiger partial charge in [0.15, 0.2) is 0 Å². The molecular formula is C14H14ClFN4O2. The highest BCUT2D eigenvalue weighted by atomic mass is 35.5. The smallest absolute Gasteiger partial charge is 0.255 e. The van der Waals surface area contributed by atoms with Crippen LogP contribution in [0.2, 0.25) is 5.02 Å². The van der Waals surface area contributed by atoms with E-state index in [9.17, 15) is 9.18 Å². The van der Waals surface area contributed by atoms with Crippen LogP contribution in [0.1, 0.15) is 16.8 Å². The summed E-state index contributed by atoms with van der Waals surface area (Å²) in [5.41, 5.74) is 3.18. The van der Waals surface area contributed by atoms with E-state index >= 15 is 0 Å². The second-order valence-corrected chi connectivity index (χ2v) is 4.86. The van der Waals surface area contributed by atoms with Crippen LogP contribution < -0.4 is 11.0 Å². The molecule has 22 heavy (non-hydrogen) atoms. The number of anilines is 1. The van der Waals surface area contributed by atoms with Gasteiger partial charge in [0.2, 0.25) is 5.95 Å². The van der Waals surface area contributed by atoms with Crippen LogP contribution >= 0.6 is 11.6 Å². The lowest BCUT2D eigenvalue weighted by Crippen LogP contribution is -2.19. The van der Waals surface area contributed by atoms with Gasteiger partial charge in [-0.25, -0.2) is 14.8 Å². The maximum Gasteiger partial charge on any atom is 0.255 e. The highest BCUT2D eigenvalue weighted by Gasteiger charge is 2.07. The van der Waals surface area contributed by atoms with Gasteiger partial charge in [0.1, 0.15) is 5.82 Å². The third kappa shape index (κ3) is 3.69. The Bertz CT molecular complexity index is 741. The van der Waals surface area contributed by atoms with E-state index in [4.69, 9.17) is 16.7 Å². The van der Waals surface area contributed by atoms with Crippen LogP contribution in [0, 0.1) is 12.7 Å². The van der Waals surface area contributed by atoms with Crippen molar-refractivity contribution in [2.75, 3.05) is 12.0 Å². The van der Waals surface area contributed by atoms with Crippen molar-refractivity contribution < 1.29 is 9.50 Å². The van der Waals surface area contributed by atoms with Crippen molar-refractivity contribution in [3.63, 3.8) is 0 Å². The lowest BCUT2D eigenvalue weighted by Gasteiger charge is -2.05. The van der Waals surface area contributed by atoms with Crippen molar-refractivity contribution in [3.8, 4) is 0 Å². The lowest BCUT2D eigenvalue weighted by molar-refractivity contribution is 0.298. The predicted molar refractivity (Wildman–Crippen MR) is 83.0 cm³/mol. The molecule has 0 saturated heterocycles. The van der Waals surface area contributed by atoms with E-state index in [1.54, 1.807) is 13.0 Å². The minimum absolute atomic E-state index is 0.118. The molecule has 1 aromatic carbocycles. The van der Waals surface area contributed by atoms with E-state index in [1.165, 1.54) is 18.3 Å². The van der Waals surface area contributed by atoms with Gasteiger partial charge >= 0.3 is 0 Å². The zero-order valence-corrected chi connectivity index (χ0v) is 12.5. The van der Waals surface area contributed by atoms with Crippen molar-refractivity contribution in [1.82, 2.24) is 9.97 Å². The summed E-state index contributed by atoms with van der Waals surface area (Å²) in [7, 11) is 0. The summed E-state index contributed by atoms with van der Waals surface area (Å²) in [5, 5.41) is 12.9. The minimum Gasteiger partial charge on any atom is -0.396 e. The van der Waals surface area contributed by atoms with Crippen molar-refractivity contribution in [2.45, 2.75) is 13.3 Å². The molecule has 1 aromatic heterocycles. The van der Waals surface area contributed by atoms with Crippen molar-refractivity contribution >= 4 is 23.8 Å². The average Bonchev–Trinajstić information content (AvgIpc) is 2.46. The van der Waals surface area contributed by atoms with Gasteiger partial charge in [-0.3, -0.25) is 9.78 Å².